The quantitative estimate of drug-likeness (QED) is 0.544. The normalized spacial score (nSPS) is 21.5. The van der Waals surface area contributed by atoms with Gasteiger partial charge in [-0.1, -0.05) is 23.9 Å². The first-order valence-corrected chi connectivity index (χ1v) is 11.5. The first-order chi connectivity index (χ1) is 16.2. The molecule has 9 nitrogen and oxygen atoms in total. The first kappa shape index (κ1) is 23.7. The summed E-state index contributed by atoms with van der Waals surface area (Å²) in [5, 5.41) is 20.4. The minimum absolute atomic E-state index is 0.0633. The van der Waals surface area contributed by atoms with Crippen molar-refractivity contribution in [3.8, 4) is 28.7 Å². The highest BCUT2D eigenvalue weighted by molar-refractivity contribution is 8.15. The van der Waals surface area contributed by atoms with Crippen molar-refractivity contribution in [2.24, 2.45) is 0 Å². The van der Waals surface area contributed by atoms with Crippen LogP contribution in [0.4, 0.5) is 0 Å². The number of nitrogens with one attached hydrogen (secondary N) is 2. The maximum absolute atomic E-state index is 13.0. The van der Waals surface area contributed by atoms with Gasteiger partial charge in [-0.05, 0) is 38.0 Å². The zero-order chi connectivity index (χ0) is 24.6. The van der Waals surface area contributed by atoms with Crippen molar-refractivity contribution in [3.63, 3.8) is 0 Å². The highest BCUT2D eigenvalue weighted by Gasteiger charge is 2.42. The van der Waals surface area contributed by atoms with Gasteiger partial charge >= 0.3 is 0 Å². The number of ether oxygens (including phenoxy) is 4. The van der Waals surface area contributed by atoms with Gasteiger partial charge in [0, 0.05) is 5.56 Å². The standard InChI is InChI=1S/C24H26N2O7S/c1-12-17-15(27)10-24(2,33-19(17)21(31-4)20(30-3)18(12)28)11-32-14-7-5-13(6-8-14)9-16-22(29)26-23(25)34-16/h5-8,16,28H,9-11H2,1-4H3,(H2,25,26,29). The molecule has 2 aliphatic heterocycles. The molecular formula is C24H26N2O7S. The number of fused-ring (bicyclic) bond motifs is 1. The number of Topliss-reactive ketones (excluding diaryl/α,β-unsaturated/α-hetero) is 1. The number of methoxy groups -OCH3 is 2. The smallest absolute Gasteiger partial charge is 0.239 e. The number of thioether (sulfide) groups is 1. The predicted molar refractivity (Wildman–Crippen MR) is 127 cm³/mol. The molecule has 1 saturated heterocycles. The maximum Gasteiger partial charge on any atom is 0.239 e. The fourth-order valence-corrected chi connectivity index (χ4v) is 4.99. The molecule has 2 heterocycles. The van der Waals surface area contributed by atoms with Gasteiger partial charge in [0.15, 0.2) is 22.4 Å². The number of aromatic hydroxyl groups is 1. The van der Waals surface area contributed by atoms with Crippen LogP contribution >= 0.6 is 11.8 Å². The summed E-state index contributed by atoms with van der Waals surface area (Å²) in [6.07, 6.45) is 0.576. The van der Waals surface area contributed by atoms with Crippen LogP contribution in [0, 0.1) is 12.3 Å². The van der Waals surface area contributed by atoms with E-state index in [-0.39, 0.29) is 63.7 Å². The number of amides is 1. The molecule has 180 valence electrons. The Hall–Kier alpha value is -3.40. The lowest BCUT2D eigenvalue weighted by atomic mass is 9.89. The summed E-state index contributed by atoms with van der Waals surface area (Å²) in [7, 11) is 2.82. The molecule has 2 atom stereocenters. The molecule has 3 N–H and O–H groups in total. The Balaban J connectivity index is 1.48. The summed E-state index contributed by atoms with van der Waals surface area (Å²) in [5.41, 5.74) is 0.633. The number of ketones is 1. The molecule has 2 unspecified atom stereocenters. The molecule has 0 spiro atoms. The van der Waals surface area contributed by atoms with Crippen LogP contribution in [0.3, 0.4) is 0 Å². The van der Waals surface area contributed by atoms with Gasteiger partial charge < -0.3 is 29.4 Å². The lowest BCUT2D eigenvalue weighted by Crippen LogP contribution is -2.44. The fourth-order valence-electron chi connectivity index (χ4n) is 4.11. The van der Waals surface area contributed by atoms with Crippen molar-refractivity contribution in [2.75, 3.05) is 20.8 Å². The van der Waals surface area contributed by atoms with Gasteiger partial charge in [-0.2, -0.15) is 0 Å². The van der Waals surface area contributed by atoms with Crippen LogP contribution in [0.15, 0.2) is 24.3 Å². The molecule has 0 radical (unpaired) electrons. The fraction of sp³-hybridized carbons (Fsp3) is 0.375. The molecule has 4 rings (SSSR count). The Bertz CT molecular complexity index is 1170. The Morgan fingerprint density at radius 2 is 1.88 bits per heavy atom. The van der Waals surface area contributed by atoms with E-state index in [1.165, 1.54) is 26.0 Å². The summed E-state index contributed by atoms with van der Waals surface area (Å²) in [6, 6.07) is 7.34. The molecule has 2 aromatic rings. The van der Waals surface area contributed by atoms with Crippen LogP contribution in [0.25, 0.3) is 0 Å². The second-order valence-corrected chi connectivity index (χ2v) is 9.67. The summed E-state index contributed by atoms with van der Waals surface area (Å²) >= 11 is 1.21. The maximum atomic E-state index is 13.0. The number of amidine groups is 1. The van der Waals surface area contributed by atoms with E-state index >= 15 is 0 Å². The van der Waals surface area contributed by atoms with Crippen molar-refractivity contribution in [2.45, 2.75) is 37.5 Å². The van der Waals surface area contributed by atoms with Crippen molar-refractivity contribution in [1.29, 1.82) is 5.41 Å². The summed E-state index contributed by atoms with van der Waals surface area (Å²) in [4.78, 5) is 24.9. The lowest BCUT2D eigenvalue weighted by molar-refractivity contribution is -0.118. The van der Waals surface area contributed by atoms with Crippen molar-refractivity contribution >= 4 is 28.6 Å². The van der Waals surface area contributed by atoms with E-state index in [0.29, 0.717) is 17.7 Å². The predicted octanol–water partition coefficient (Wildman–Crippen LogP) is 3.23. The van der Waals surface area contributed by atoms with Gasteiger partial charge in [-0.15, -0.1) is 0 Å². The molecule has 1 fully saturated rings. The molecule has 0 saturated carbocycles. The van der Waals surface area contributed by atoms with Gasteiger partial charge in [-0.25, -0.2) is 0 Å². The molecule has 34 heavy (non-hydrogen) atoms. The van der Waals surface area contributed by atoms with Crippen LogP contribution in [0.1, 0.15) is 34.8 Å². The number of carbonyl (C=O) groups is 2. The Morgan fingerprint density at radius 3 is 2.47 bits per heavy atom. The third-order valence-electron chi connectivity index (χ3n) is 5.83. The number of hydrogen-bond donors (Lipinski definition) is 3. The van der Waals surface area contributed by atoms with E-state index in [4.69, 9.17) is 24.4 Å². The molecule has 1 amide bonds. The number of hydrogen-bond acceptors (Lipinski definition) is 9. The largest absolute Gasteiger partial charge is 0.504 e. The molecule has 0 aromatic heterocycles. The minimum atomic E-state index is -0.969. The van der Waals surface area contributed by atoms with Crippen molar-refractivity contribution in [3.05, 3.63) is 41.0 Å². The molecular weight excluding hydrogens is 460 g/mol. The molecule has 2 aromatic carbocycles. The van der Waals surface area contributed by atoms with Crippen LogP contribution in [0.5, 0.6) is 28.7 Å². The minimum Gasteiger partial charge on any atom is -0.504 e. The number of benzene rings is 2. The highest BCUT2D eigenvalue weighted by atomic mass is 32.2. The number of phenols is 1. The third-order valence-corrected chi connectivity index (χ3v) is 6.84. The second-order valence-electron chi connectivity index (χ2n) is 8.46. The van der Waals surface area contributed by atoms with E-state index in [1.54, 1.807) is 26.0 Å². The first-order valence-electron chi connectivity index (χ1n) is 10.6. The van der Waals surface area contributed by atoms with Gasteiger partial charge in [-0.3, -0.25) is 15.0 Å². The Labute approximate surface area is 201 Å². The third kappa shape index (κ3) is 4.37. The summed E-state index contributed by atoms with van der Waals surface area (Å²) in [6.45, 7) is 3.51. The second kappa shape index (κ2) is 9.09. The van der Waals surface area contributed by atoms with Crippen LogP contribution in [-0.4, -0.2) is 53.6 Å². The van der Waals surface area contributed by atoms with E-state index in [0.717, 1.165) is 5.56 Å². The van der Waals surface area contributed by atoms with E-state index in [1.807, 2.05) is 12.1 Å². The number of phenolic OH excluding ortho intramolecular Hbond substituents is 1. The van der Waals surface area contributed by atoms with Crippen LogP contribution in [0.2, 0.25) is 0 Å². The Kier molecular flexibility index (Phi) is 6.35. The zero-order valence-corrected chi connectivity index (χ0v) is 20.1. The van der Waals surface area contributed by atoms with Gasteiger partial charge in [0.25, 0.3) is 0 Å². The average molecular weight is 487 g/mol. The van der Waals surface area contributed by atoms with E-state index in [9.17, 15) is 14.7 Å². The van der Waals surface area contributed by atoms with Crippen molar-refractivity contribution < 1.29 is 33.6 Å². The Morgan fingerprint density at radius 1 is 1.21 bits per heavy atom. The van der Waals surface area contributed by atoms with Gasteiger partial charge in [0.05, 0.1) is 31.5 Å². The monoisotopic (exact) mass is 486 g/mol. The molecule has 10 heteroatoms. The van der Waals surface area contributed by atoms with Crippen LogP contribution in [-0.2, 0) is 11.2 Å². The molecule has 0 bridgehead atoms. The average Bonchev–Trinajstić information content (AvgIpc) is 3.11. The van der Waals surface area contributed by atoms with Gasteiger partial charge in [0.2, 0.25) is 17.4 Å². The SMILES string of the molecule is COc1c(O)c(C)c2c(c1OC)OC(C)(COc1ccc(CC3SC(=N)NC3=O)cc1)CC2=O. The van der Waals surface area contributed by atoms with E-state index in [2.05, 4.69) is 5.32 Å². The topological polar surface area (TPSA) is 127 Å². The van der Waals surface area contributed by atoms with Crippen molar-refractivity contribution in [1.82, 2.24) is 5.32 Å². The number of carbonyl (C=O) groups excluding carboxylic acids is 2. The van der Waals surface area contributed by atoms with Crippen LogP contribution < -0.4 is 24.3 Å². The number of rotatable bonds is 7. The van der Waals surface area contributed by atoms with Gasteiger partial charge in [0.1, 0.15) is 18.0 Å². The molecule has 2 aliphatic rings. The summed E-state index contributed by atoms with van der Waals surface area (Å²) in [5.74, 6) is 0.593. The molecule has 0 aliphatic carbocycles. The highest BCUT2D eigenvalue weighted by Crippen LogP contribution is 2.52. The van der Waals surface area contributed by atoms with E-state index < -0.39 is 5.60 Å². The zero-order valence-electron chi connectivity index (χ0n) is 19.3. The summed E-state index contributed by atoms with van der Waals surface area (Å²) < 4.78 is 22.9. The lowest BCUT2D eigenvalue weighted by Gasteiger charge is -2.36.